The van der Waals surface area contributed by atoms with E-state index in [0.29, 0.717) is 12.0 Å². The number of esters is 4. The molecule has 200 valence electrons. The Morgan fingerprint density at radius 2 is 1.86 bits per heavy atom. The number of aliphatic hydroxyl groups is 1. The van der Waals surface area contributed by atoms with E-state index in [1.165, 1.54) is 13.8 Å². The summed E-state index contributed by atoms with van der Waals surface area (Å²) < 4.78 is 23.4. The van der Waals surface area contributed by atoms with Crippen molar-refractivity contribution in [2.75, 3.05) is 0 Å². The third-order valence-electron chi connectivity index (χ3n) is 8.08. The lowest BCUT2D eigenvalue weighted by Gasteiger charge is -2.40. The van der Waals surface area contributed by atoms with Gasteiger partial charge in [-0.1, -0.05) is 25.5 Å². The van der Waals surface area contributed by atoms with Gasteiger partial charge >= 0.3 is 23.9 Å². The molecule has 3 rings (SSSR count). The highest BCUT2D eigenvalue weighted by Gasteiger charge is 2.68. The highest BCUT2D eigenvalue weighted by atomic mass is 16.6. The highest BCUT2D eigenvalue weighted by molar-refractivity contribution is 5.88. The van der Waals surface area contributed by atoms with E-state index in [-0.39, 0.29) is 6.42 Å². The van der Waals surface area contributed by atoms with Crippen LogP contribution in [0.3, 0.4) is 0 Å². The molecule has 1 aliphatic heterocycles. The highest BCUT2D eigenvalue weighted by Crippen LogP contribution is 2.55. The normalized spacial score (nSPS) is 38.6. The predicted molar refractivity (Wildman–Crippen MR) is 128 cm³/mol. The maximum Gasteiger partial charge on any atom is 0.338 e. The van der Waals surface area contributed by atoms with Crippen LogP contribution in [0.25, 0.3) is 0 Å². The first-order chi connectivity index (χ1) is 16.7. The van der Waals surface area contributed by atoms with E-state index >= 15 is 0 Å². The topological polar surface area (TPSA) is 125 Å². The van der Waals surface area contributed by atoms with Gasteiger partial charge in [0.25, 0.3) is 0 Å². The van der Waals surface area contributed by atoms with Crippen LogP contribution in [-0.4, -0.2) is 58.5 Å². The number of rotatable bonds is 6. The molecule has 2 fully saturated rings. The number of ether oxygens (including phenoxy) is 4. The first-order valence-corrected chi connectivity index (χ1v) is 12.5. The van der Waals surface area contributed by atoms with Gasteiger partial charge in [0.1, 0.15) is 23.9 Å². The minimum atomic E-state index is -1.94. The number of hydrogen-bond acceptors (Lipinski definition) is 9. The van der Waals surface area contributed by atoms with Gasteiger partial charge in [0.05, 0.1) is 11.8 Å². The van der Waals surface area contributed by atoms with Crippen molar-refractivity contribution in [1.82, 2.24) is 0 Å². The van der Waals surface area contributed by atoms with Gasteiger partial charge in [-0.2, -0.15) is 0 Å². The van der Waals surface area contributed by atoms with E-state index in [9.17, 15) is 24.3 Å². The lowest BCUT2D eigenvalue weighted by atomic mass is 9.74. The zero-order chi connectivity index (χ0) is 27.2. The SMILES string of the molecule is C/C=C(/C)C(=O)O[C@@H]1C=C(C)[C@H]2[C@@H]3OC(=O)[C@@](C)(O)[C@@H]3[C@@H](OC(=O)[C@H](C)CC)C[C@](C)(OC(C)=O)[C@H]21. The molecule has 1 heterocycles. The molecular formula is C27H38O9. The molecule has 0 amide bonds. The van der Waals surface area contributed by atoms with E-state index in [4.69, 9.17) is 18.9 Å². The summed E-state index contributed by atoms with van der Waals surface area (Å²) in [4.78, 5) is 50.7. The zero-order valence-electron chi connectivity index (χ0n) is 22.3. The van der Waals surface area contributed by atoms with Crippen LogP contribution in [0.1, 0.15) is 68.2 Å². The van der Waals surface area contributed by atoms with Crippen LogP contribution in [0.2, 0.25) is 0 Å². The molecule has 0 unspecified atom stereocenters. The van der Waals surface area contributed by atoms with Crippen molar-refractivity contribution in [3.63, 3.8) is 0 Å². The van der Waals surface area contributed by atoms with Crippen LogP contribution in [0, 0.1) is 23.7 Å². The molecule has 3 aliphatic rings. The zero-order valence-corrected chi connectivity index (χ0v) is 22.3. The van der Waals surface area contributed by atoms with Crippen molar-refractivity contribution in [2.45, 2.75) is 97.7 Å². The monoisotopic (exact) mass is 506 g/mol. The molecule has 36 heavy (non-hydrogen) atoms. The fourth-order valence-electron chi connectivity index (χ4n) is 5.88. The molecule has 0 aromatic carbocycles. The summed E-state index contributed by atoms with van der Waals surface area (Å²) >= 11 is 0. The molecule has 9 nitrogen and oxygen atoms in total. The number of allylic oxidation sites excluding steroid dienone is 1. The molecule has 9 atom stereocenters. The summed E-state index contributed by atoms with van der Waals surface area (Å²) in [6.45, 7) is 13.1. The Hall–Kier alpha value is -2.68. The summed E-state index contributed by atoms with van der Waals surface area (Å²) in [6, 6.07) is 0. The van der Waals surface area contributed by atoms with Gasteiger partial charge in [-0.3, -0.25) is 9.59 Å². The van der Waals surface area contributed by atoms with Gasteiger partial charge in [0.15, 0.2) is 5.60 Å². The van der Waals surface area contributed by atoms with E-state index in [1.54, 1.807) is 39.8 Å². The average molecular weight is 507 g/mol. The smallest absolute Gasteiger partial charge is 0.338 e. The summed E-state index contributed by atoms with van der Waals surface area (Å²) in [7, 11) is 0. The molecule has 1 saturated heterocycles. The van der Waals surface area contributed by atoms with E-state index in [2.05, 4.69) is 0 Å². The van der Waals surface area contributed by atoms with E-state index in [0.717, 1.165) is 5.57 Å². The van der Waals surface area contributed by atoms with Gasteiger partial charge in [0, 0.05) is 30.8 Å². The Labute approximate surface area is 212 Å². The first-order valence-electron chi connectivity index (χ1n) is 12.5. The molecular weight excluding hydrogens is 468 g/mol. The van der Waals surface area contributed by atoms with Crippen molar-refractivity contribution in [3.05, 3.63) is 23.3 Å². The molecule has 0 aromatic heterocycles. The molecule has 0 radical (unpaired) electrons. The maximum absolute atomic E-state index is 12.9. The number of carbonyl (C=O) groups excluding carboxylic acids is 4. The Balaban J connectivity index is 2.15. The van der Waals surface area contributed by atoms with Crippen LogP contribution in [-0.2, 0) is 38.1 Å². The summed E-state index contributed by atoms with van der Waals surface area (Å²) in [6.07, 6.45) is 1.28. The van der Waals surface area contributed by atoms with Crippen LogP contribution in [0.4, 0.5) is 0 Å². The van der Waals surface area contributed by atoms with Gasteiger partial charge in [-0.15, -0.1) is 0 Å². The minimum absolute atomic E-state index is 0.0123. The number of carbonyl (C=O) groups is 4. The predicted octanol–water partition coefficient (Wildman–Crippen LogP) is 3.03. The summed E-state index contributed by atoms with van der Waals surface area (Å²) in [5, 5.41) is 11.3. The lowest BCUT2D eigenvalue weighted by molar-refractivity contribution is -0.183. The molecule has 0 spiro atoms. The second kappa shape index (κ2) is 10.00. The molecule has 1 saturated carbocycles. The number of hydrogen-bond donors (Lipinski definition) is 1. The van der Waals surface area contributed by atoms with Gasteiger partial charge in [-0.25, -0.2) is 9.59 Å². The van der Waals surface area contributed by atoms with E-state index < -0.39 is 77.1 Å². The van der Waals surface area contributed by atoms with Crippen LogP contribution in [0.5, 0.6) is 0 Å². The van der Waals surface area contributed by atoms with Crippen LogP contribution >= 0.6 is 0 Å². The molecule has 0 aromatic rings. The van der Waals surface area contributed by atoms with Crippen LogP contribution < -0.4 is 0 Å². The van der Waals surface area contributed by atoms with Gasteiger partial charge < -0.3 is 24.1 Å². The molecule has 1 N–H and O–H groups in total. The minimum Gasteiger partial charge on any atom is -0.461 e. The first kappa shape index (κ1) is 27.9. The van der Waals surface area contributed by atoms with Crippen molar-refractivity contribution in [1.29, 1.82) is 0 Å². The Kier molecular flexibility index (Phi) is 7.75. The standard InChI is InChI=1S/C27H38O9/c1-9-13(3)23(29)33-17-11-15(5)19-20(17)26(7,36-16(6)28)12-18(34-24(30)14(4)10-2)21-22(19)35-25(31)27(21,8)32/h9,11,14,17-22,32H,10,12H2,1-8H3/b13-9-/t14-,17-,18+,19-,20+,21-,22+,26+,27+/m1/s1. The van der Waals surface area contributed by atoms with Crippen LogP contribution in [0.15, 0.2) is 23.3 Å². The van der Waals surface area contributed by atoms with E-state index in [1.807, 2.05) is 13.8 Å². The van der Waals surface area contributed by atoms with Gasteiger partial charge in [0.2, 0.25) is 0 Å². The van der Waals surface area contributed by atoms with Crippen molar-refractivity contribution in [3.8, 4) is 0 Å². The largest absolute Gasteiger partial charge is 0.461 e. The summed E-state index contributed by atoms with van der Waals surface area (Å²) in [5.41, 5.74) is -2.02. The second-order valence-electron chi connectivity index (χ2n) is 10.7. The molecule has 9 heteroatoms. The third kappa shape index (κ3) is 4.82. The number of fused-ring (bicyclic) bond motifs is 3. The van der Waals surface area contributed by atoms with Crippen molar-refractivity contribution < 1.29 is 43.2 Å². The Bertz CT molecular complexity index is 993. The fraction of sp³-hybridized carbons (Fsp3) is 0.704. The Morgan fingerprint density at radius 1 is 1.22 bits per heavy atom. The Morgan fingerprint density at radius 3 is 2.42 bits per heavy atom. The molecule has 2 aliphatic carbocycles. The third-order valence-corrected chi connectivity index (χ3v) is 8.08. The lowest BCUT2D eigenvalue weighted by Crippen LogP contribution is -2.50. The average Bonchev–Trinajstić information content (AvgIpc) is 3.19. The van der Waals surface area contributed by atoms with Gasteiger partial charge in [-0.05, 0) is 47.1 Å². The van der Waals surface area contributed by atoms with Crippen molar-refractivity contribution >= 4 is 23.9 Å². The molecule has 0 bridgehead atoms. The quantitative estimate of drug-likeness (QED) is 0.250. The maximum atomic E-state index is 12.9. The second-order valence-corrected chi connectivity index (χ2v) is 10.7. The fourth-order valence-corrected chi connectivity index (χ4v) is 5.88. The summed E-state index contributed by atoms with van der Waals surface area (Å²) in [5.74, 6) is -4.88. The van der Waals surface area contributed by atoms with Crippen molar-refractivity contribution in [2.24, 2.45) is 23.7 Å².